The minimum atomic E-state index is -0.373. The van der Waals surface area contributed by atoms with Crippen molar-refractivity contribution in [2.45, 2.75) is 19.3 Å². The van der Waals surface area contributed by atoms with Crippen LogP contribution < -0.4 is 10.9 Å². The molecule has 6 heteroatoms. The highest BCUT2D eigenvalue weighted by molar-refractivity contribution is 6.32. The zero-order valence-electron chi connectivity index (χ0n) is 9.54. The summed E-state index contributed by atoms with van der Waals surface area (Å²) in [6, 6.07) is 0. The normalized spacial score (nSPS) is 14.9. The molecule has 0 aliphatic heterocycles. The summed E-state index contributed by atoms with van der Waals surface area (Å²) >= 11 is 5.81. The summed E-state index contributed by atoms with van der Waals surface area (Å²) in [4.78, 5) is 11.1. The first-order valence-electron chi connectivity index (χ1n) is 5.82. The van der Waals surface area contributed by atoms with Crippen LogP contribution in [-0.4, -0.2) is 30.0 Å². The molecule has 2 N–H and O–H groups in total. The van der Waals surface area contributed by atoms with E-state index in [2.05, 4.69) is 15.5 Å². The number of halogens is 1. The molecule has 0 radical (unpaired) electrons. The van der Waals surface area contributed by atoms with Gasteiger partial charge in [-0.2, -0.15) is 5.10 Å². The lowest BCUT2D eigenvalue weighted by atomic mass is 10.4. The molecule has 1 fully saturated rings. The van der Waals surface area contributed by atoms with Crippen molar-refractivity contribution in [2.75, 3.05) is 25.1 Å². The molecule has 0 saturated heterocycles. The standard InChI is InChI=1S/C11H16ClN3O2/c12-10-9(6-14-15-11(10)16)13-4-1-5-17-7-8-2-3-8/h6,8H,1-5,7H2,(H2,13,15,16). The van der Waals surface area contributed by atoms with Crippen LogP contribution in [0.25, 0.3) is 0 Å². The molecule has 94 valence electrons. The van der Waals surface area contributed by atoms with Gasteiger partial charge in [0.2, 0.25) is 0 Å². The Bertz CT molecular complexity index is 417. The molecule has 0 spiro atoms. The Kier molecular flexibility index (Phi) is 4.39. The maximum atomic E-state index is 11.1. The number of rotatable bonds is 7. The first kappa shape index (κ1) is 12.4. The van der Waals surface area contributed by atoms with Crippen molar-refractivity contribution >= 4 is 17.3 Å². The fourth-order valence-electron chi connectivity index (χ4n) is 1.44. The second-order valence-electron chi connectivity index (χ2n) is 4.23. The number of ether oxygens (including phenoxy) is 1. The van der Waals surface area contributed by atoms with E-state index in [1.165, 1.54) is 19.0 Å². The molecular weight excluding hydrogens is 242 g/mol. The van der Waals surface area contributed by atoms with Crippen LogP contribution in [0.4, 0.5) is 5.69 Å². The maximum Gasteiger partial charge on any atom is 0.285 e. The number of nitrogens with zero attached hydrogens (tertiary/aromatic N) is 1. The number of nitrogens with one attached hydrogen (secondary N) is 2. The zero-order chi connectivity index (χ0) is 12.1. The highest BCUT2D eigenvalue weighted by atomic mass is 35.5. The Morgan fingerprint density at radius 1 is 1.59 bits per heavy atom. The van der Waals surface area contributed by atoms with E-state index in [9.17, 15) is 4.79 Å². The molecule has 1 aromatic rings. The molecule has 0 amide bonds. The van der Waals surface area contributed by atoms with Gasteiger partial charge in [0.25, 0.3) is 5.56 Å². The molecule has 17 heavy (non-hydrogen) atoms. The van der Waals surface area contributed by atoms with Crippen molar-refractivity contribution in [3.8, 4) is 0 Å². The number of hydrogen-bond acceptors (Lipinski definition) is 4. The molecule has 5 nitrogen and oxygen atoms in total. The first-order valence-corrected chi connectivity index (χ1v) is 6.20. The van der Waals surface area contributed by atoms with E-state index in [1.54, 1.807) is 0 Å². The molecule has 1 saturated carbocycles. The second kappa shape index (κ2) is 6.02. The van der Waals surface area contributed by atoms with Crippen molar-refractivity contribution < 1.29 is 4.74 Å². The average molecular weight is 258 g/mol. The van der Waals surface area contributed by atoms with E-state index in [0.717, 1.165) is 32.1 Å². The van der Waals surface area contributed by atoms with E-state index in [0.29, 0.717) is 5.69 Å². The Labute approximate surface area is 105 Å². The molecule has 0 bridgehead atoms. The Hall–Kier alpha value is -1.07. The van der Waals surface area contributed by atoms with Crippen LogP contribution in [0.3, 0.4) is 0 Å². The fraction of sp³-hybridized carbons (Fsp3) is 0.636. The summed E-state index contributed by atoms with van der Waals surface area (Å²) < 4.78 is 5.49. The van der Waals surface area contributed by atoms with Gasteiger partial charge in [-0.3, -0.25) is 4.79 Å². The number of H-pyrrole nitrogens is 1. The smallest absolute Gasteiger partial charge is 0.285 e. The highest BCUT2D eigenvalue weighted by Gasteiger charge is 2.20. The van der Waals surface area contributed by atoms with Crippen LogP contribution >= 0.6 is 11.6 Å². The van der Waals surface area contributed by atoms with Crippen molar-refractivity contribution in [2.24, 2.45) is 5.92 Å². The van der Waals surface area contributed by atoms with Crippen LogP contribution in [0, 0.1) is 5.92 Å². The Morgan fingerprint density at radius 3 is 3.18 bits per heavy atom. The molecule has 1 aromatic heterocycles. The van der Waals surface area contributed by atoms with Gasteiger partial charge in [0.05, 0.1) is 11.9 Å². The minimum Gasteiger partial charge on any atom is -0.382 e. The van der Waals surface area contributed by atoms with Crippen LogP contribution in [0.15, 0.2) is 11.0 Å². The predicted molar refractivity (Wildman–Crippen MR) is 66.5 cm³/mol. The topological polar surface area (TPSA) is 67.0 Å². The van der Waals surface area contributed by atoms with Crippen molar-refractivity contribution in [3.05, 3.63) is 21.6 Å². The quantitative estimate of drug-likeness (QED) is 0.729. The van der Waals surface area contributed by atoms with E-state index in [-0.39, 0.29) is 10.6 Å². The summed E-state index contributed by atoms with van der Waals surface area (Å²) in [6.45, 7) is 2.33. The molecule has 2 rings (SSSR count). The van der Waals surface area contributed by atoms with E-state index < -0.39 is 0 Å². The van der Waals surface area contributed by atoms with Gasteiger partial charge in [-0.05, 0) is 25.2 Å². The van der Waals surface area contributed by atoms with E-state index in [4.69, 9.17) is 16.3 Å². The molecule has 1 heterocycles. The average Bonchev–Trinajstić information content (AvgIpc) is 3.12. The number of aromatic amines is 1. The number of aromatic nitrogens is 2. The van der Waals surface area contributed by atoms with Crippen LogP contribution in [0.1, 0.15) is 19.3 Å². The van der Waals surface area contributed by atoms with Crippen LogP contribution in [0.2, 0.25) is 5.02 Å². The predicted octanol–water partition coefficient (Wildman–Crippen LogP) is 1.65. The number of hydrogen-bond donors (Lipinski definition) is 2. The van der Waals surface area contributed by atoms with Crippen LogP contribution in [-0.2, 0) is 4.74 Å². The number of anilines is 1. The Balaban J connectivity index is 1.63. The molecule has 1 aliphatic carbocycles. The van der Waals surface area contributed by atoms with Gasteiger partial charge in [0.15, 0.2) is 0 Å². The molecule has 1 aliphatic rings. The van der Waals surface area contributed by atoms with Gasteiger partial charge in [-0.1, -0.05) is 11.6 Å². The SMILES string of the molecule is O=c1[nH]ncc(NCCCOCC2CC2)c1Cl. The Morgan fingerprint density at radius 2 is 2.41 bits per heavy atom. The highest BCUT2D eigenvalue weighted by Crippen LogP contribution is 2.28. The van der Waals surface area contributed by atoms with Gasteiger partial charge >= 0.3 is 0 Å². The van der Waals surface area contributed by atoms with Gasteiger partial charge in [0, 0.05) is 19.8 Å². The molecule has 0 atom stereocenters. The molecule has 0 unspecified atom stereocenters. The lowest BCUT2D eigenvalue weighted by Crippen LogP contribution is -2.13. The van der Waals surface area contributed by atoms with Gasteiger partial charge in [-0.25, -0.2) is 5.10 Å². The lowest BCUT2D eigenvalue weighted by Gasteiger charge is -2.07. The largest absolute Gasteiger partial charge is 0.382 e. The summed E-state index contributed by atoms with van der Waals surface area (Å²) in [6.07, 6.45) is 5.02. The second-order valence-corrected chi connectivity index (χ2v) is 4.60. The van der Waals surface area contributed by atoms with Crippen LogP contribution in [0.5, 0.6) is 0 Å². The summed E-state index contributed by atoms with van der Waals surface area (Å²) in [5.74, 6) is 0.800. The minimum absolute atomic E-state index is 0.152. The first-order chi connectivity index (χ1) is 8.27. The van der Waals surface area contributed by atoms with Crippen molar-refractivity contribution in [3.63, 3.8) is 0 Å². The lowest BCUT2D eigenvalue weighted by molar-refractivity contribution is 0.124. The zero-order valence-corrected chi connectivity index (χ0v) is 10.3. The third-order valence-electron chi connectivity index (χ3n) is 2.63. The third kappa shape index (κ3) is 4.02. The van der Waals surface area contributed by atoms with Crippen molar-refractivity contribution in [1.29, 1.82) is 0 Å². The van der Waals surface area contributed by atoms with Gasteiger partial charge < -0.3 is 10.1 Å². The summed E-state index contributed by atoms with van der Waals surface area (Å²) in [7, 11) is 0. The van der Waals surface area contributed by atoms with E-state index in [1.807, 2.05) is 0 Å². The summed E-state index contributed by atoms with van der Waals surface area (Å²) in [5, 5.41) is 9.16. The molecular formula is C11H16ClN3O2. The maximum absolute atomic E-state index is 11.1. The van der Waals surface area contributed by atoms with Gasteiger partial charge in [-0.15, -0.1) is 0 Å². The molecule has 0 aromatic carbocycles. The monoisotopic (exact) mass is 257 g/mol. The third-order valence-corrected chi connectivity index (χ3v) is 3.00. The fourth-order valence-corrected chi connectivity index (χ4v) is 1.60. The van der Waals surface area contributed by atoms with E-state index >= 15 is 0 Å². The van der Waals surface area contributed by atoms with Crippen molar-refractivity contribution in [1.82, 2.24) is 10.2 Å². The van der Waals surface area contributed by atoms with Gasteiger partial charge in [0.1, 0.15) is 5.02 Å². The summed E-state index contributed by atoms with van der Waals surface area (Å²) in [5.41, 5.74) is 0.194.